The molecule has 3 aliphatic heterocycles. The molecule has 4 heterocycles. The number of carbonyl (C=O) groups excluding carboxylic acids is 2. The number of nitrogens with one attached hydrogen (secondary N) is 1. The number of nitrogens with zero attached hydrogens (tertiary/aromatic N) is 3. The summed E-state index contributed by atoms with van der Waals surface area (Å²) in [6.45, 7) is 3.49. The third-order valence-corrected chi connectivity index (χ3v) is 6.13. The standard InChI is InChI=1S/C18H26N4O3/c1-12-15(20-17(24)18-9-13(10-18)11-25-18)4-3-7-22(12)16(23)8-14-5-6-19-21(14)2/h5-6,12-13,15H,3-4,7-11H2,1-2H3,(H,20,24). The number of aryl methyl sites for hydroxylation is 1. The molecule has 2 amide bonds. The maximum Gasteiger partial charge on any atom is 0.252 e. The third-order valence-electron chi connectivity index (χ3n) is 6.13. The van der Waals surface area contributed by atoms with Crippen molar-refractivity contribution < 1.29 is 14.3 Å². The fourth-order valence-electron chi connectivity index (χ4n) is 4.46. The highest BCUT2D eigenvalue weighted by molar-refractivity contribution is 5.87. The second kappa shape index (κ2) is 6.12. The summed E-state index contributed by atoms with van der Waals surface area (Å²) in [6.07, 6.45) is 5.56. The van der Waals surface area contributed by atoms with Crippen molar-refractivity contribution in [3.63, 3.8) is 0 Å². The van der Waals surface area contributed by atoms with Crippen LogP contribution >= 0.6 is 0 Å². The van der Waals surface area contributed by atoms with Crippen LogP contribution in [0.4, 0.5) is 0 Å². The zero-order chi connectivity index (χ0) is 17.6. The average Bonchev–Trinajstić information content (AvgIpc) is 3.26. The molecule has 4 aliphatic rings. The maximum absolute atomic E-state index is 12.7. The lowest BCUT2D eigenvalue weighted by atomic mass is 9.74. The molecule has 4 fully saturated rings. The van der Waals surface area contributed by atoms with Crippen molar-refractivity contribution in [2.45, 2.75) is 56.7 Å². The van der Waals surface area contributed by atoms with Crippen LogP contribution in [0.3, 0.4) is 0 Å². The number of rotatable bonds is 4. The summed E-state index contributed by atoms with van der Waals surface area (Å²) < 4.78 is 7.44. The lowest BCUT2D eigenvalue weighted by Crippen LogP contribution is -2.60. The van der Waals surface area contributed by atoms with Gasteiger partial charge in [0.05, 0.1) is 13.0 Å². The van der Waals surface area contributed by atoms with Crippen molar-refractivity contribution in [3.8, 4) is 0 Å². The lowest BCUT2D eigenvalue weighted by molar-refractivity contribution is -0.146. The predicted molar refractivity (Wildman–Crippen MR) is 90.7 cm³/mol. The number of hydrogen-bond donors (Lipinski definition) is 1. The summed E-state index contributed by atoms with van der Waals surface area (Å²) in [6, 6.07) is 1.86. The second-order valence-corrected chi connectivity index (χ2v) is 7.75. The van der Waals surface area contributed by atoms with E-state index >= 15 is 0 Å². The molecular formula is C18H26N4O3. The molecule has 2 unspecified atom stereocenters. The predicted octanol–water partition coefficient (Wildman–Crippen LogP) is 0.637. The first kappa shape index (κ1) is 16.6. The molecule has 1 aliphatic carbocycles. The molecule has 5 rings (SSSR count). The fourth-order valence-corrected chi connectivity index (χ4v) is 4.46. The minimum atomic E-state index is -0.578. The zero-order valence-corrected chi connectivity index (χ0v) is 14.9. The Balaban J connectivity index is 1.38. The highest BCUT2D eigenvalue weighted by Gasteiger charge is 2.57. The number of ether oxygens (including phenoxy) is 1. The summed E-state index contributed by atoms with van der Waals surface area (Å²) in [5, 5.41) is 7.29. The molecule has 25 heavy (non-hydrogen) atoms. The average molecular weight is 346 g/mol. The van der Waals surface area contributed by atoms with E-state index in [1.54, 1.807) is 10.9 Å². The van der Waals surface area contributed by atoms with Gasteiger partial charge in [-0.2, -0.15) is 5.10 Å². The number of amides is 2. The van der Waals surface area contributed by atoms with E-state index in [2.05, 4.69) is 10.4 Å². The molecule has 136 valence electrons. The van der Waals surface area contributed by atoms with Crippen molar-refractivity contribution in [3.05, 3.63) is 18.0 Å². The number of carbonyl (C=O) groups is 2. The number of likely N-dealkylation sites (tertiary alicyclic amines) is 1. The number of aromatic nitrogens is 2. The molecule has 0 radical (unpaired) electrons. The molecule has 3 saturated heterocycles. The van der Waals surface area contributed by atoms with E-state index in [1.165, 1.54) is 0 Å². The van der Waals surface area contributed by atoms with Crippen molar-refractivity contribution in [2.75, 3.05) is 13.2 Å². The molecular weight excluding hydrogens is 320 g/mol. The van der Waals surface area contributed by atoms with Crippen molar-refractivity contribution in [2.24, 2.45) is 13.0 Å². The molecule has 7 heteroatoms. The first-order valence-corrected chi connectivity index (χ1v) is 9.20. The quantitative estimate of drug-likeness (QED) is 0.868. The highest BCUT2D eigenvalue weighted by Crippen LogP contribution is 2.48. The lowest BCUT2D eigenvalue weighted by Gasteiger charge is -2.42. The Hall–Kier alpha value is -1.89. The summed E-state index contributed by atoms with van der Waals surface area (Å²) >= 11 is 0. The van der Waals surface area contributed by atoms with E-state index in [9.17, 15) is 9.59 Å². The summed E-state index contributed by atoms with van der Waals surface area (Å²) in [5.74, 6) is 0.666. The van der Waals surface area contributed by atoms with Crippen LogP contribution in [0.15, 0.2) is 12.3 Å². The first-order chi connectivity index (χ1) is 12.0. The minimum absolute atomic E-state index is 0.00522. The van der Waals surface area contributed by atoms with Crippen molar-refractivity contribution in [1.82, 2.24) is 20.0 Å². The number of fused-ring (bicyclic) bond motifs is 1. The monoisotopic (exact) mass is 346 g/mol. The van der Waals surface area contributed by atoms with Crippen molar-refractivity contribution in [1.29, 1.82) is 0 Å². The highest BCUT2D eigenvalue weighted by atomic mass is 16.5. The SMILES string of the molecule is CC1C(NC(=O)C23CC(CO2)C3)CCCN1C(=O)Cc1ccnn1C. The van der Waals surface area contributed by atoms with Gasteiger partial charge in [-0.15, -0.1) is 0 Å². The third kappa shape index (κ3) is 2.84. The largest absolute Gasteiger partial charge is 0.365 e. The van der Waals surface area contributed by atoms with Crippen LogP contribution in [0.25, 0.3) is 0 Å². The van der Waals surface area contributed by atoms with Gasteiger partial charge in [-0.05, 0) is 44.6 Å². The van der Waals surface area contributed by atoms with Gasteiger partial charge in [0.1, 0.15) is 5.60 Å². The van der Waals surface area contributed by atoms with E-state index < -0.39 is 5.60 Å². The van der Waals surface area contributed by atoms with Gasteiger partial charge in [-0.3, -0.25) is 14.3 Å². The molecule has 1 aromatic heterocycles. The van der Waals surface area contributed by atoms with E-state index in [0.29, 0.717) is 18.9 Å². The molecule has 1 N–H and O–H groups in total. The van der Waals surface area contributed by atoms with E-state index in [-0.39, 0.29) is 23.9 Å². The van der Waals surface area contributed by atoms with Gasteiger partial charge in [0, 0.05) is 37.6 Å². The first-order valence-electron chi connectivity index (χ1n) is 9.20. The molecule has 0 aromatic carbocycles. The van der Waals surface area contributed by atoms with Crippen molar-refractivity contribution >= 4 is 11.8 Å². The van der Waals surface area contributed by atoms with Crippen LogP contribution in [0.1, 0.15) is 38.3 Å². The fraction of sp³-hybridized carbons (Fsp3) is 0.722. The van der Waals surface area contributed by atoms with Crippen LogP contribution in [0.5, 0.6) is 0 Å². The van der Waals surface area contributed by atoms with Gasteiger partial charge in [0.15, 0.2) is 0 Å². The van der Waals surface area contributed by atoms with Gasteiger partial charge in [0.2, 0.25) is 5.91 Å². The zero-order valence-electron chi connectivity index (χ0n) is 14.9. The molecule has 2 bridgehead atoms. The van der Waals surface area contributed by atoms with Gasteiger partial charge < -0.3 is 15.0 Å². The molecule has 2 atom stereocenters. The Morgan fingerprint density at radius 2 is 2.24 bits per heavy atom. The van der Waals surface area contributed by atoms with Crippen LogP contribution < -0.4 is 5.32 Å². The Morgan fingerprint density at radius 3 is 2.88 bits per heavy atom. The number of hydrogen-bond acceptors (Lipinski definition) is 4. The number of piperidine rings is 1. The maximum atomic E-state index is 12.7. The van der Waals surface area contributed by atoms with Gasteiger partial charge in [-0.1, -0.05) is 0 Å². The molecule has 7 nitrogen and oxygen atoms in total. The molecule has 0 spiro atoms. The van der Waals surface area contributed by atoms with E-state index in [0.717, 1.165) is 37.9 Å². The smallest absolute Gasteiger partial charge is 0.252 e. The van der Waals surface area contributed by atoms with Crippen LogP contribution in [0.2, 0.25) is 0 Å². The molecule has 1 saturated carbocycles. The minimum Gasteiger partial charge on any atom is -0.365 e. The van der Waals surface area contributed by atoms with E-state index in [1.807, 2.05) is 24.9 Å². The summed E-state index contributed by atoms with van der Waals surface area (Å²) in [4.78, 5) is 27.3. The Bertz CT molecular complexity index is 674. The molecule has 1 aromatic rings. The van der Waals surface area contributed by atoms with Crippen LogP contribution in [-0.2, 0) is 27.8 Å². The summed E-state index contributed by atoms with van der Waals surface area (Å²) in [5.41, 5.74) is 0.327. The van der Waals surface area contributed by atoms with Gasteiger partial charge >= 0.3 is 0 Å². The normalized spacial score (nSPS) is 33.8. The van der Waals surface area contributed by atoms with E-state index in [4.69, 9.17) is 4.74 Å². The Morgan fingerprint density at radius 1 is 1.44 bits per heavy atom. The van der Waals surface area contributed by atoms with Gasteiger partial charge in [0.25, 0.3) is 5.91 Å². The summed E-state index contributed by atoms with van der Waals surface area (Å²) in [7, 11) is 1.85. The topological polar surface area (TPSA) is 76.5 Å². The Labute approximate surface area is 147 Å². The van der Waals surface area contributed by atoms with Crippen LogP contribution in [0, 0.1) is 5.92 Å². The second-order valence-electron chi connectivity index (χ2n) is 7.75. The Kier molecular flexibility index (Phi) is 4.06. The van der Waals surface area contributed by atoms with Crippen LogP contribution in [-0.4, -0.2) is 57.3 Å². The van der Waals surface area contributed by atoms with Gasteiger partial charge in [-0.25, -0.2) is 0 Å².